The van der Waals surface area contributed by atoms with Gasteiger partial charge in [0, 0.05) is 18.1 Å². The first-order valence-corrected chi connectivity index (χ1v) is 6.43. The van der Waals surface area contributed by atoms with E-state index >= 15 is 0 Å². The van der Waals surface area contributed by atoms with E-state index in [0.29, 0.717) is 6.54 Å². The Morgan fingerprint density at radius 2 is 2.16 bits per heavy atom. The van der Waals surface area contributed by atoms with Gasteiger partial charge in [-0.1, -0.05) is 0 Å². The lowest BCUT2D eigenvalue weighted by Crippen LogP contribution is -2.22. The van der Waals surface area contributed by atoms with Gasteiger partial charge in [-0.05, 0) is 20.0 Å². The van der Waals surface area contributed by atoms with E-state index in [4.69, 9.17) is 0 Å². The summed E-state index contributed by atoms with van der Waals surface area (Å²) in [6.45, 7) is 2.77. The van der Waals surface area contributed by atoms with Crippen molar-refractivity contribution < 1.29 is 13.2 Å². The summed E-state index contributed by atoms with van der Waals surface area (Å²) < 4.78 is 38.4. The molecule has 0 unspecified atom stereocenters. The highest BCUT2D eigenvalue weighted by Gasteiger charge is 2.33. The second-order valence-corrected chi connectivity index (χ2v) is 5.31. The number of hydrogen-bond donors (Lipinski definition) is 0. The Hall–Kier alpha value is -1.41. The number of thiazole rings is 1. The largest absolute Gasteiger partial charge is 0.435 e. The maximum atomic E-state index is 12.4. The maximum Gasteiger partial charge on any atom is 0.435 e. The molecule has 0 aromatic carbocycles. The molecule has 19 heavy (non-hydrogen) atoms. The van der Waals surface area contributed by atoms with Crippen LogP contribution in [0.5, 0.6) is 0 Å². The fourth-order valence-corrected chi connectivity index (χ4v) is 2.25. The van der Waals surface area contributed by atoms with Gasteiger partial charge in [0.2, 0.25) is 0 Å². The van der Waals surface area contributed by atoms with Crippen molar-refractivity contribution in [1.29, 1.82) is 0 Å². The predicted octanol–water partition coefficient (Wildman–Crippen LogP) is 2.76. The first-order valence-electron chi connectivity index (χ1n) is 5.55. The van der Waals surface area contributed by atoms with Crippen LogP contribution in [0.3, 0.4) is 0 Å². The molecule has 0 aliphatic rings. The Morgan fingerprint density at radius 1 is 1.42 bits per heavy atom. The van der Waals surface area contributed by atoms with Crippen molar-refractivity contribution in [1.82, 2.24) is 19.7 Å². The molecule has 0 radical (unpaired) electrons. The van der Waals surface area contributed by atoms with Gasteiger partial charge < -0.3 is 0 Å². The number of nitrogens with zero attached hydrogens (tertiary/aromatic N) is 4. The van der Waals surface area contributed by atoms with Gasteiger partial charge in [-0.3, -0.25) is 9.58 Å². The zero-order chi connectivity index (χ0) is 14.0. The van der Waals surface area contributed by atoms with Gasteiger partial charge in [0.25, 0.3) is 0 Å². The quantitative estimate of drug-likeness (QED) is 0.868. The molecule has 0 N–H and O–H groups in total. The van der Waals surface area contributed by atoms with Crippen LogP contribution in [0, 0.1) is 6.92 Å². The first-order chi connectivity index (χ1) is 8.84. The van der Waals surface area contributed by atoms with Gasteiger partial charge in [0.05, 0.1) is 17.4 Å². The van der Waals surface area contributed by atoms with Gasteiger partial charge in [-0.2, -0.15) is 18.3 Å². The average molecular weight is 290 g/mol. The molecule has 2 rings (SSSR count). The zero-order valence-electron chi connectivity index (χ0n) is 10.5. The third kappa shape index (κ3) is 3.77. The highest BCUT2D eigenvalue weighted by molar-refractivity contribution is 7.09. The van der Waals surface area contributed by atoms with Crippen molar-refractivity contribution >= 4 is 11.3 Å². The van der Waals surface area contributed by atoms with Crippen LogP contribution in [0.1, 0.15) is 16.4 Å². The van der Waals surface area contributed by atoms with Gasteiger partial charge in [0.15, 0.2) is 5.69 Å². The van der Waals surface area contributed by atoms with E-state index in [1.807, 2.05) is 24.3 Å². The summed E-state index contributed by atoms with van der Waals surface area (Å²) >= 11 is 1.55. The molecule has 0 saturated heterocycles. The van der Waals surface area contributed by atoms with E-state index in [-0.39, 0.29) is 6.67 Å². The molecule has 4 nitrogen and oxygen atoms in total. The molecule has 0 aliphatic carbocycles. The van der Waals surface area contributed by atoms with Crippen molar-refractivity contribution in [3.8, 4) is 0 Å². The Balaban J connectivity index is 1.95. The Kier molecular flexibility index (Phi) is 3.91. The highest BCUT2D eigenvalue weighted by Crippen LogP contribution is 2.27. The molecule has 0 atom stereocenters. The fourth-order valence-electron chi connectivity index (χ4n) is 1.65. The minimum absolute atomic E-state index is 0.284. The van der Waals surface area contributed by atoms with E-state index in [1.165, 1.54) is 10.9 Å². The minimum atomic E-state index is -4.39. The zero-order valence-corrected chi connectivity index (χ0v) is 11.3. The lowest BCUT2D eigenvalue weighted by atomic mass is 10.4. The highest BCUT2D eigenvalue weighted by atomic mass is 32.1. The van der Waals surface area contributed by atoms with Crippen molar-refractivity contribution in [3.05, 3.63) is 34.0 Å². The van der Waals surface area contributed by atoms with Crippen LogP contribution in [0.4, 0.5) is 13.2 Å². The number of aromatic nitrogens is 3. The summed E-state index contributed by atoms with van der Waals surface area (Å²) in [5.74, 6) is 0. The van der Waals surface area contributed by atoms with Gasteiger partial charge >= 0.3 is 6.18 Å². The van der Waals surface area contributed by atoms with Crippen LogP contribution < -0.4 is 0 Å². The SMILES string of the molecule is Cc1nc(CN(C)Cn2ccc(C(F)(F)F)n2)cs1. The van der Waals surface area contributed by atoms with E-state index in [2.05, 4.69) is 10.1 Å². The molecule has 2 heterocycles. The van der Waals surface area contributed by atoms with Gasteiger partial charge in [0.1, 0.15) is 0 Å². The summed E-state index contributed by atoms with van der Waals surface area (Å²) in [7, 11) is 1.81. The summed E-state index contributed by atoms with van der Waals surface area (Å²) in [4.78, 5) is 6.15. The van der Waals surface area contributed by atoms with Gasteiger partial charge in [-0.15, -0.1) is 11.3 Å². The predicted molar refractivity (Wildman–Crippen MR) is 65.5 cm³/mol. The second-order valence-electron chi connectivity index (χ2n) is 4.25. The van der Waals surface area contributed by atoms with Crippen molar-refractivity contribution in [3.63, 3.8) is 0 Å². The molecule has 0 spiro atoms. The lowest BCUT2D eigenvalue weighted by Gasteiger charge is -2.15. The van der Waals surface area contributed by atoms with Crippen molar-refractivity contribution in [2.75, 3.05) is 7.05 Å². The number of aryl methyl sites for hydroxylation is 1. The topological polar surface area (TPSA) is 34.0 Å². The Morgan fingerprint density at radius 3 is 2.68 bits per heavy atom. The molecular formula is C11H13F3N4S. The molecule has 0 amide bonds. The minimum Gasteiger partial charge on any atom is -0.282 e. The van der Waals surface area contributed by atoms with Crippen LogP contribution >= 0.6 is 11.3 Å². The summed E-state index contributed by atoms with van der Waals surface area (Å²) in [5.41, 5.74) is 0.0404. The second kappa shape index (κ2) is 5.30. The number of hydrogen-bond acceptors (Lipinski definition) is 4. The van der Waals surface area contributed by atoms with Crippen LogP contribution in [0.15, 0.2) is 17.6 Å². The standard InChI is InChI=1S/C11H13F3N4S/c1-8-15-9(6-19-8)5-17(2)7-18-4-3-10(16-18)11(12,13)14/h3-4,6H,5,7H2,1-2H3. The first kappa shape index (κ1) is 14.0. The van der Waals surface area contributed by atoms with Crippen LogP contribution in [0.25, 0.3) is 0 Å². The Bertz CT molecular complexity index is 546. The molecule has 0 saturated carbocycles. The number of halogens is 3. The van der Waals surface area contributed by atoms with Gasteiger partial charge in [-0.25, -0.2) is 4.98 Å². The molecule has 2 aromatic rings. The normalized spacial score (nSPS) is 12.3. The van der Waals surface area contributed by atoms with Crippen LogP contribution in [0.2, 0.25) is 0 Å². The van der Waals surface area contributed by atoms with E-state index in [1.54, 1.807) is 11.3 Å². The Labute approximate surface area is 112 Å². The number of alkyl halides is 3. The van der Waals surface area contributed by atoms with E-state index < -0.39 is 11.9 Å². The molecule has 2 aromatic heterocycles. The lowest BCUT2D eigenvalue weighted by molar-refractivity contribution is -0.141. The molecular weight excluding hydrogens is 277 g/mol. The molecule has 8 heteroatoms. The van der Waals surface area contributed by atoms with Crippen molar-refractivity contribution in [2.45, 2.75) is 26.3 Å². The average Bonchev–Trinajstić information content (AvgIpc) is 2.87. The molecule has 104 valence electrons. The monoisotopic (exact) mass is 290 g/mol. The summed E-state index contributed by atoms with van der Waals surface area (Å²) in [6.07, 6.45) is -3.07. The fraction of sp³-hybridized carbons (Fsp3) is 0.455. The molecule has 0 aliphatic heterocycles. The molecule has 0 bridgehead atoms. The third-order valence-corrected chi connectivity index (χ3v) is 3.24. The number of rotatable bonds is 4. The maximum absolute atomic E-state index is 12.4. The van der Waals surface area contributed by atoms with Crippen LogP contribution in [-0.2, 0) is 19.4 Å². The summed E-state index contributed by atoms with van der Waals surface area (Å²) in [5, 5.41) is 6.41. The van der Waals surface area contributed by atoms with Crippen molar-refractivity contribution in [2.24, 2.45) is 0 Å². The van der Waals surface area contributed by atoms with Crippen LogP contribution in [-0.4, -0.2) is 26.7 Å². The third-order valence-electron chi connectivity index (χ3n) is 2.42. The summed E-state index contributed by atoms with van der Waals surface area (Å²) in [6, 6.07) is 0.973. The smallest absolute Gasteiger partial charge is 0.282 e. The molecule has 0 fully saturated rings. The van der Waals surface area contributed by atoms with E-state index in [9.17, 15) is 13.2 Å². The van der Waals surface area contributed by atoms with E-state index in [0.717, 1.165) is 16.8 Å².